The van der Waals surface area contributed by atoms with E-state index in [4.69, 9.17) is 4.42 Å². The monoisotopic (exact) mass is 230 g/mol. The summed E-state index contributed by atoms with van der Waals surface area (Å²) in [4.78, 5) is 11.5. The Hall–Kier alpha value is -1.10. The minimum absolute atomic E-state index is 0.0402. The van der Waals surface area contributed by atoms with Gasteiger partial charge >= 0.3 is 0 Å². The van der Waals surface area contributed by atoms with Gasteiger partial charge < -0.3 is 4.42 Å². The van der Waals surface area contributed by atoms with Gasteiger partial charge in [-0.1, -0.05) is 0 Å². The van der Waals surface area contributed by atoms with Crippen LogP contribution in [-0.2, 0) is 9.84 Å². The number of rotatable bonds is 5. The van der Waals surface area contributed by atoms with Crippen LogP contribution in [0.15, 0.2) is 16.7 Å². The van der Waals surface area contributed by atoms with E-state index in [1.165, 1.54) is 6.26 Å². The zero-order valence-corrected chi connectivity index (χ0v) is 9.63. The first-order valence-corrected chi connectivity index (χ1v) is 6.71. The molecule has 0 N–H and O–H groups in total. The first-order valence-electron chi connectivity index (χ1n) is 4.65. The van der Waals surface area contributed by atoms with Crippen LogP contribution in [0.1, 0.15) is 29.0 Å². The number of carbonyl (C=O) groups is 1. The van der Waals surface area contributed by atoms with Crippen molar-refractivity contribution in [2.45, 2.75) is 19.8 Å². The lowest BCUT2D eigenvalue weighted by atomic mass is 10.1. The molecule has 0 aliphatic carbocycles. The molecule has 0 amide bonds. The predicted molar refractivity (Wildman–Crippen MR) is 56.7 cm³/mol. The summed E-state index contributed by atoms with van der Waals surface area (Å²) in [6, 6.07) is 1.71. The van der Waals surface area contributed by atoms with Crippen LogP contribution in [0.4, 0.5) is 0 Å². The average Bonchev–Trinajstić information content (AvgIpc) is 2.48. The van der Waals surface area contributed by atoms with E-state index in [1.807, 2.05) is 0 Å². The van der Waals surface area contributed by atoms with Crippen molar-refractivity contribution < 1.29 is 17.6 Å². The van der Waals surface area contributed by atoms with Gasteiger partial charge in [-0.3, -0.25) is 4.79 Å². The van der Waals surface area contributed by atoms with Crippen molar-refractivity contribution in [3.8, 4) is 0 Å². The number of sulfone groups is 1. The minimum atomic E-state index is -2.98. The molecule has 0 atom stereocenters. The van der Waals surface area contributed by atoms with Crippen LogP contribution in [-0.4, -0.2) is 26.2 Å². The molecule has 15 heavy (non-hydrogen) atoms. The van der Waals surface area contributed by atoms with E-state index >= 15 is 0 Å². The fraction of sp³-hybridized carbons (Fsp3) is 0.500. The van der Waals surface area contributed by atoms with Crippen molar-refractivity contribution in [3.05, 3.63) is 23.7 Å². The van der Waals surface area contributed by atoms with Gasteiger partial charge in [0.25, 0.3) is 0 Å². The summed E-state index contributed by atoms with van der Waals surface area (Å²) >= 11 is 0. The second-order valence-electron chi connectivity index (χ2n) is 3.59. The van der Waals surface area contributed by atoms with E-state index in [9.17, 15) is 13.2 Å². The summed E-state index contributed by atoms with van der Waals surface area (Å²) in [7, 11) is -2.98. The highest BCUT2D eigenvalue weighted by atomic mass is 32.2. The molecule has 1 heterocycles. The number of ketones is 1. The molecule has 1 aromatic heterocycles. The Bertz CT molecular complexity index is 442. The van der Waals surface area contributed by atoms with E-state index in [0.717, 1.165) is 11.8 Å². The van der Waals surface area contributed by atoms with Gasteiger partial charge in [-0.05, 0) is 25.0 Å². The van der Waals surface area contributed by atoms with Gasteiger partial charge in [-0.25, -0.2) is 8.42 Å². The average molecular weight is 230 g/mol. The SMILES string of the molecule is Cc1ccoc1C(=O)CCCS(C)(=O)=O. The molecule has 1 rings (SSSR count). The largest absolute Gasteiger partial charge is 0.461 e. The van der Waals surface area contributed by atoms with E-state index in [0.29, 0.717) is 12.2 Å². The molecule has 0 saturated carbocycles. The molecule has 1 aromatic rings. The van der Waals surface area contributed by atoms with Crippen molar-refractivity contribution >= 4 is 15.6 Å². The van der Waals surface area contributed by atoms with Crippen LogP contribution in [0.5, 0.6) is 0 Å². The first kappa shape index (κ1) is 12.0. The van der Waals surface area contributed by atoms with Crippen LogP contribution in [0.2, 0.25) is 0 Å². The molecule has 84 valence electrons. The van der Waals surface area contributed by atoms with Crippen molar-refractivity contribution in [1.29, 1.82) is 0 Å². The number of hydrogen-bond acceptors (Lipinski definition) is 4. The molecule has 0 radical (unpaired) electrons. The van der Waals surface area contributed by atoms with Gasteiger partial charge in [0.2, 0.25) is 0 Å². The number of furan rings is 1. The third kappa shape index (κ3) is 3.87. The highest BCUT2D eigenvalue weighted by Gasteiger charge is 2.13. The Labute approximate surface area is 89.2 Å². The molecule has 0 fully saturated rings. The summed E-state index contributed by atoms with van der Waals surface area (Å²) in [6.45, 7) is 1.79. The number of hydrogen-bond donors (Lipinski definition) is 0. The van der Waals surface area contributed by atoms with Crippen LogP contribution < -0.4 is 0 Å². The number of carbonyl (C=O) groups excluding carboxylic acids is 1. The lowest BCUT2D eigenvalue weighted by molar-refractivity contribution is 0.0954. The van der Waals surface area contributed by atoms with Crippen molar-refractivity contribution in [2.75, 3.05) is 12.0 Å². The summed E-state index contributed by atoms with van der Waals surface area (Å²) in [5, 5.41) is 0. The molecule has 0 saturated heterocycles. The highest BCUT2D eigenvalue weighted by molar-refractivity contribution is 7.90. The van der Waals surface area contributed by atoms with Gasteiger partial charge in [0, 0.05) is 12.7 Å². The van der Waals surface area contributed by atoms with E-state index in [2.05, 4.69) is 0 Å². The zero-order valence-electron chi connectivity index (χ0n) is 8.82. The zero-order chi connectivity index (χ0) is 11.5. The lowest BCUT2D eigenvalue weighted by Crippen LogP contribution is -2.06. The lowest BCUT2D eigenvalue weighted by Gasteiger charge is -1.98. The molecule has 0 aliphatic rings. The fourth-order valence-electron chi connectivity index (χ4n) is 1.27. The number of aryl methyl sites for hydroxylation is 1. The van der Waals surface area contributed by atoms with Gasteiger partial charge in [-0.2, -0.15) is 0 Å². The van der Waals surface area contributed by atoms with E-state index in [1.54, 1.807) is 13.0 Å². The summed E-state index contributed by atoms with van der Waals surface area (Å²) in [6.07, 6.45) is 3.17. The van der Waals surface area contributed by atoms with Crippen molar-refractivity contribution in [2.24, 2.45) is 0 Å². The molecular weight excluding hydrogens is 216 g/mol. The van der Waals surface area contributed by atoms with E-state index in [-0.39, 0.29) is 18.0 Å². The van der Waals surface area contributed by atoms with Crippen molar-refractivity contribution in [3.63, 3.8) is 0 Å². The van der Waals surface area contributed by atoms with Gasteiger partial charge in [0.15, 0.2) is 11.5 Å². The summed E-state index contributed by atoms with van der Waals surface area (Å²) in [5.41, 5.74) is 0.791. The Kier molecular flexibility index (Phi) is 3.68. The molecule has 5 heteroatoms. The Balaban J connectivity index is 2.48. The molecular formula is C10H14O4S. The summed E-state index contributed by atoms with van der Waals surface area (Å²) in [5.74, 6) is 0.239. The molecule has 0 spiro atoms. The maximum absolute atomic E-state index is 11.5. The standard InChI is InChI=1S/C10H14O4S/c1-8-5-6-14-10(8)9(11)4-3-7-15(2,12)13/h5-6H,3-4,7H2,1-2H3. The summed E-state index contributed by atoms with van der Waals surface area (Å²) < 4.78 is 26.7. The molecule has 0 aliphatic heterocycles. The Morgan fingerprint density at radius 3 is 2.60 bits per heavy atom. The number of Topliss-reactive ketones (excluding diaryl/α,β-unsaturated/α-hetero) is 1. The second-order valence-corrected chi connectivity index (χ2v) is 5.85. The maximum atomic E-state index is 11.5. The fourth-order valence-corrected chi connectivity index (χ4v) is 1.94. The molecule has 0 bridgehead atoms. The minimum Gasteiger partial charge on any atom is -0.461 e. The van der Waals surface area contributed by atoms with Gasteiger partial charge in [0.05, 0.1) is 12.0 Å². The third-order valence-electron chi connectivity index (χ3n) is 2.03. The van der Waals surface area contributed by atoms with Gasteiger partial charge in [-0.15, -0.1) is 0 Å². The van der Waals surface area contributed by atoms with E-state index < -0.39 is 9.84 Å². The quantitative estimate of drug-likeness (QED) is 0.721. The predicted octanol–water partition coefficient (Wildman–Crippen LogP) is 1.60. The molecule has 0 unspecified atom stereocenters. The Morgan fingerprint density at radius 1 is 1.47 bits per heavy atom. The normalized spacial score (nSPS) is 11.6. The van der Waals surface area contributed by atoms with Crippen LogP contribution >= 0.6 is 0 Å². The highest BCUT2D eigenvalue weighted by Crippen LogP contribution is 2.12. The van der Waals surface area contributed by atoms with Crippen LogP contribution in [0, 0.1) is 6.92 Å². The van der Waals surface area contributed by atoms with Crippen LogP contribution in [0.3, 0.4) is 0 Å². The van der Waals surface area contributed by atoms with Crippen molar-refractivity contribution in [1.82, 2.24) is 0 Å². The topological polar surface area (TPSA) is 64.3 Å². The van der Waals surface area contributed by atoms with Crippen LogP contribution in [0.25, 0.3) is 0 Å². The smallest absolute Gasteiger partial charge is 0.198 e. The second kappa shape index (κ2) is 4.61. The maximum Gasteiger partial charge on any atom is 0.198 e. The first-order chi connectivity index (χ1) is 6.90. The third-order valence-corrected chi connectivity index (χ3v) is 3.06. The molecule has 0 aromatic carbocycles. The Morgan fingerprint density at radius 2 is 2.13 bits per heavy atom. The molecule has 4 nitrogen and oxygen atoms in total. The van der Waals surface area contributed by atoms with Gasteiger partial charge in [0.1, 0.15) is 9.84 Å².